The first-order chi connectivity index (χ1) is 18.7. The van der Waals surface area contributed by atoms with E-state index >= 15 is 0 Å². The van der Waals surface area contributed by atoms with Gasteiger partial charge in [0, 0.05) is 28.8 Å². The predicted molar refractivity (Wildman–Crippen MR) is 149 cm³/mol. The third kappa shape index (κ3) is 10.1. The zero-order chi connectivity index (χ0) is 28.2. The van der Waals surface area contributed by atoms with E-state index in [-0.39, 0.29) is 24.4 Å². The Morgan fingerprint density at radius 2 is 1.62 bits per heavy atom. The average Bonchev–Trinajstić information content (AvgIpc) is 3.17. The van der Waals surface area contributed by atoms with Crippen LogP contribution in [-0.4, -0.2) is 46.0 Å². The highest BCUT2D eigenvalue weighted by molar-refractivity contribution is 7.98. The molecule has 1 aliphatic rings. The lowest BCUT2D eigenvalue weighted by Crippen LogP contribution is -2.16. The highest BCUT2D eigenvalue weighted by Gasteiger charge is 2.16. The van der Waals surface area contributed by atoms with Crippen LogP contribution in [0.4, 0.5) is 4.39 Å². The number of aliphatic carboxylic acids is 2. The highest BCUT2D eigenvalue weighted by atomic mass is 35.5. The summed E-state index contributed by atoms with van der Waals surface area (Å²) in [5.41, 5.74) is 5.18. The van der Waals surface area contributed by atoms with Gasteiger partial charge in [-0.05, 0) is 79.4 Å². The Balaban J connectivity index is 0.000000459. The van der Waals surface area contributed by atoms with Crippen LogP contribution in [0.3, 0.4) is 0 Å². The molecule has 1 aliphatic heterocycles. The molecule has 3 aromatic rings. The summed E-state index contributed by atoms with van der Waals surface area (Å²) in [7, 11) is 0. The molecule has 206 valence electrons. The van der Waals surface area contributed by atoms with Gasteiger partial charge in [0.1, 0.15) is 5.82 Å². The topological polar surface area (TPSA) is 117 Å². The van der Waals surface area contributed by atoms with Crippen LogP contribution in [0.15, 0.2) is 59.6 Å². The molecule has 0 atom stereocenters. The second kappa shape index (κ2) is 15.4. The molecule has 0 aliphatic carbocycles. The molecule has 0 unspecified atom stereocenters. The van der Waals surface area contributed by atoms with Gasteiger partial charge >= 0.3 is 11.9 Å². The van der Waals surface area contributed by atoms with Gasteiger partial charge < -0.3 is 15.5 Å². The molecule has 0 fully saturated rings. The number of nitrogens with zero attached hydrogens (tertiary/aromatic N) is 1. The quantitative estimate of drug-likeness (QED) is 0.212. The van der Waals surface area contributed by atoms with Gasteiger partial charge in [0.15, 0.2) is 5.78 Å². The number of fused-ring (bicyclic) bond motifs is 1. The van der Waals surface area contributed by atoms with Crippen LogP contribution in [0.2, 0.25) is 5.02 Å². The maximum atomic E-state index is 13.0. The fourth-order valence-corrected chi connectivity index (χ4v) is 5.37. The second-order valence-electron chi connectivity index (χ2n) is 8.93. The molecule has 2 aromatic carbocycles. The van der Waals surface area contributed by atoms with Crippen LogP contribution in [-0.2, 0) is 34.6 Å². The van der Waals surface area contributed by atoms with Crippen molar-refractivity contribution in [2.75, 3.05) is 13.1 Å². The maximum absolute atomic E-state index is 13.0. The lowest BCUT2D eigenvalue weighted by Gasteiger charge is -2.13. The van der Waals surface area contributed by atoms with Crippen molar-refractivity contribution in [1.82, 2.24) is 10.3 Å². The standard InChI is InChI=1S/C25H24ClFN2OS.C4H6O4/c26-23-9-5-18-11-13-28-14-12-22(18)25(23)31-16-21-8-4-19(15-29-21)24(30)10-3-17-1-6-20(27)7-2-17;5-3(6)1-2-4(7)8/h1-2,4-9,15,28H,3,10-14,16H2;1-2H2,(H,5,6)(H,7,8). The van der Waals surface area contributed by atoms with E-state index in [0.29, 0.717) is 24.2 Å². The average molecular weight is 573 g/mol. The van der Waals surface area contributed by atoms with E-state index in [0.717, 1.165) is 47.1 Å². The molecule has 0 saturated heterocycles. The number of ketones is 1. The van der Waals surface area contributed by atoms with Crippen molar-refractivity contribution in [3.05, 3.63) is 93.5 Å². The van der Waals surface area contributed by atoms with Crippen molar-refractivity contribution in [1.29, 1.82) is 0 Å². The number of benzene rings is 2. The van der Waals surface area contributed by atoms with Crippen molar-refractivity contribution < 1.29 is 29.0 Å². The lowest BCUT2D eigenvalue weighted by atomic mass is 10.0. The van der Waals surface area contributed by atoms with Crippen molar-refractivity contribution in [2.24, 2.45) is 0 Å². The SMILES string of the molecule is O=C(CCc1ccc(F)cc1)c1ccc(CSc2c(Cl)ccc3c2CCNCC3)nc1.O=C(O)CCC(=O)O. The third-order valence-electron chi connectivity index (χ3n) is 6.05. The molecule has 7 nitrogen and oxygen atoms in total. The molecule has 3 N–H and O–H groups in total. The normalized spacial score (nSPS) is 12.5. The van der Waals surface area contributed by atoms with Gasteiger partial charge in [-0.15, -0.1) is 11.8 Å². The van der Waals surface area contributed by atoms with E-state index in [1.165, 1.54) is 23.3 Å². The lowest BCUT2D eigenvalue weighted by molar-refractivity contribution is -0.143. The van der Waals surface area contributed by atoms with Crippen LogP contribution in [0.25, 0.3) is 0 Å². The van der Waals surface area contributed by atoms with Crippen LogP contribution in [0.5, 0.6) is 0 Å². The van der Waals surface area contributed by atoms with Crippen LogP contribution in [0, 0.1) is 5.82 Å². The Kier molecular flexibility index (Phi) is 11.9. The minimum atomic E-state index is -1.08. The number of thioether (sulfide) groups is 1. The van der Waals surface area contributed by atoms with E-state index in [1.54, 1.807) is 30.1 Å². The smallest absolute Gasteiger partial charge is 0.303 e. The molecular weight excluding hydrogens is 543 g/mol. The summed E-state index contributed by atoms with van der Waals surface area (Å²) in [6.45, 7) is 1.96. The number of carbonyl (C=O) groups is 3. The number of hydrogen-bond acceptors (Lipinski definition) is 6. The minimum absolute atomic E-state index is 0.0416. The zero-order valence-corrected chi connectivity index (χ0v) is 22.9. The summed E-state index contributed by atoms with van der Waals surface area (Å²) >= 11 is 8.22. The largest absolute Gasteiger partial charge is 0.481 e. The maximum Gasteiger partial charge on any atom is 0.303 e. The molecular formula is C29H30ClFN2O5S. The van der Waals surface area contributed by atoms with E-state index in [2.05, 4.69) is 16.4 Å². The van der Waals surface area contributed by atoms with E-state index in [4.69, 9.17) is 21.8 Å². The fourth-order valence-electron chi connectivity index (χ4n) is 3.95. The molecule has 4 rings (SSSR count). The van der Waals surface area contributed by atoms with E-state index in [1.807, 2.05) is 18.2 Å². The predicted octanol–water partition coefficient (Wildman–Crippen LogP) is 5.61. The summed E-state index contributed by atoms with van der Waals surface area (Å²) in [6.07, 6.45) is 4.02. The summed E-state index contributed by atoms with van der Waals surface area (Å²) in [4.78, 5) is 37.4. The number of pyridine rings is 1. The minimum Gasteiger partial charge on any atom is -0.481 e. The van der Waals surface area contributed by atoms with Crippen LogP contribution >= 0.6 is 23.4 Å². The van der Waals surface area contributed by atoms with Gasteiger partial charge in [-0.3, -0.25) is 19.4 Å². The van der Waals surface area contributed by atoms with Gasteiger partial charge in [0.25, 0.3) is 0 Å². The van der Waals surface area contributed by atoms with Crippen molar-refractivity contribution >= 4 is 41.1 Å². The molecule has 0 amide bonds. The summed E-state index contributed by atoms with van der Waals surface area (Å²) < 4.78 is 13.0. The Morgan fingerprint density at radius 1 is 0.923 bits per heavy atom. The Hall–Kier alpha value is -3.27. The number of nitrogens with one attached hydrogen (secondary N) is 1. The van der Waals surface area contributed by atoms with Crippen molar-refractivity contribution in [2.45, 2.75) is 49.2 Å². The molecule has 0 radical (unpaired) electrons. The molecule has 0 bridgehead atoms. The molecule has 0 saturated carbocycles. The van der Waals surface area contributed by atoms with Crippen LogP contribution < -0.4 is 5.32 Å². The number of carboxylic acids is 2. The Bertz CT molecular complexity index is 1270. The van der Waals surface area contributed by atoms with Crippen molar-refractivity contribution in [3.63, 3.8) is 0 Å². The number of carboxylic acid groups (broad SMARTS) is 2. The van der Waals surface area contributed by atoms with Gasteiger partial charge in [-0.2, -0.15) is 0 Å². The van der Waals surface area contributed by atoms with Gasteiger partial charge in [-0.25, -0.2) is 4.39 Å². The Labute approximate surface area is 235 Å². The number of Topliss-reactive ketones (excluding diaryl/α,β-unsaturated/α-hetero) is 1. The molecule has 10 heteroatoms. The molecule has 2 heterocycles. The second-order valence-corrected chi connectivity index (χ2v) is 10.3. The van der Waals surface area contributed by atoms with Crippen LogP contribution in [0.1, 0.15) is 52.0 Å². The molecule has 39 heavy (non-hydrogen) atoms. The number of aromatic nitrogens is 1. The monoisotopic (exact) mass is 572 g/mol. The summed E-state index contributed by atoms with van der Waals surface area (Å²) in [5, 5.41) is 20.0. The summed E-state index contributed by atoms with van der Waals surface area (Å²) in [6, 6.07) is 14.1. The number of rotatable bonds is 10. The van der Waals surface area contributed by atoms with Gasteiger partial charge in [0.05, 0.1) is 23.6 Å². The number of aryl methyl sites for hydroxylation is 1. The van der Waals surface area contributed by atoms with Gasteiger partial charge in [-0.1, -0.05) is 29.8 Å². The van der Waals surface area contributed by atoms with Gasteiger partial charge in [0.2, 0.25) is 0 Å². The Morgan fingerprint density at radius 3 is 2.26 bits per heavy atom. The fraction of sp³-hybridized carbons (Fsp3) is 0.310. The number of hydrogen-bond donors (Lipinski definition) is 3. The number of halogens is 2. The molecule has 0 spiro atoms. The zero-order valence-electron chi connectivity index (χ0n) is 21.3. The first-order valence-electron chi connectivity index (χ1n) is 12.5. The number of carbonyl (C=O) groups excluding carboxylic acids is 1. The highest BCUT2D eigenvalue weighted by Crippen LogP contribution is 2.35. The first-order valence-corrected chi connectivity index (χ1v) is 13.9. The van der Waals surface area contributed by atoms with Crippen molar-refractivity contribution in [3.8, 4) is 0 Å². The third-order valence-corrected chi connectivity index (χ3v) is 7.67. The summed E-state index contributed by atoms with van der Waals surface area (Å²) in [5.74, 6) is -1.68. The van der Waals surface area contributed by atoms with E-state index < -0.39 is 11.9 Å². The van der Waals surface area contributed by atoms with E-state index in [9.17, 15) is 18.8 Å². The molecule has 1 aromatic heterocycles. The first kappa shape index (κ1) is 30.3.